The molecule has 0 saturated heterocycles. The minimum atomic E-state index is 0.0442. The first-order chi connectivity index (χ1) is 19.0. The van der Waals surface area contributed by atoms with Crippen LogP contribution in [0.2, 0.25) is 0 Å². The SMILES string of the molecule is CC(C)(C)c1ccc2ccc3c(N(c4coc5ccccc45)c4coc5ccccc45)ccc4ccc1c2c43. The largest absolute Gasteiger partial charge is 0.462 e. The van der Waals surface area contributed by atoms with E-state index in [2.05, 4.69) is 98.5 Å². The van der Waals surface area contributed by atoms with Gasteiger partial charge in [0.15, 0.2) is 0 Å². The van der Waals surface area contributed by atoms with E-state index >= 15 is 0 Å². The van der Waals surface area contributed by atoms with Gasteiger partial charge < -0.3 is 13.7 Å². The topological polar surface area (TPSA) is 29.5 Å². The first kappa shape index (κ1) is 22.2. The van der Waals surface area contributed by atoms with Crippen molar-refractivity contribution in [2.45, 2.75) is 26.2 Å². The molecule has 2 heterocycles. The van der Waals surface area contributed by atoms with Crippen molar-refractivity contribution in [3.63, 3.8) is 0 Å². The van der Waals surface area contributed by atoms with Gasteiger partial charge in [0, 0.05) is 16.2 Å². The molecule has 0 bridgehead atoms. The van der Waals surface area contributed by atoms with Gasteiger partial charge in [-0.25, -0.2) is 0 Å². The highest BCUT2D eigenvalue weighted by atomic mass is 16.3. The molecule has 0 atom stereocenters. The summed E-state index contributed by atoms with van der Waals surface area (Å²) >= 11 is 0. The Kier molecular flexibility index (Phi) is 4.49. The highest BCUT2D eigenvalue weighted by Crippen LogP contribution is 2.48. The molecule has 0 unspecified atom stereocenters. The van der Waals surface area contributed by atoms with Crippen molar-refractivity contribution in [3.8, 4) is 0 Å². The third-order valence-corrected chi connectivity index (χ3v) is 8.09. The highest BCUT2D eigenvalue weighted by Gasteiger charge is 2.25. The summed E-state index contributed by atoms with van der Waals surface area (Å²) in [6.45, 7) is 6.88. The van der Waals surface area contributed by atoms with Crippen LogP contribution in [0.3, 0.4) is 0 Å². The molecule has 3 nitrogen and oxygen atoms in total. The summed E-state index contributed by atoms with van der Waals surface area (Å²) in [5.41, 5.74) is 6.20. The van der Waals surface area contributed by atoms with E-state index in [4.69, 9.17) is 8.83 Å². The van der Waals surface area contributed by atoms with Gasteiger partial charge in [0.05, 0.1) is 17.1 Å². The van der Waals surface area contributed by atoms with Crippen molar-refractivity contribution in [1.29, 1.82) is 0 Å². The van der Waals surface area contributed by atoms with E-state index in [1.807, 2.05) is 36.8 Å². The number of anilines is 3. The lowest BCUT2D eigenvalue weighted by atomic mass is 9.81. The quantitative estimate of drug-likeness (QED) is 0.224. The van der Waals surface area contributed by atoms with Crippen molar-refractivity contribution in [3.05, 3.63) is 115 Å². The third-order valence-electron chi connectivity index (χ3n) is 8.09. The second-order valence-electron chi connectivity index (χ2n) is 11.4. The number of furan rings is 2. The smallest absolute Gasteiger partial charge is 0.136 e. The Morgan fingerprint density at radius 2 is 1.00 bits per heavy atom. The van der Waals surface area contributed by atoms with Crippen molar-refractivity contribution < 1.29 is 8.83 Å². The summed E-state index contributed by atoms with van der Waals surface area (Å²) in [6, 6.07) is 34.6. The Labute approximate surface area is 226 Å². The average molecular weight is 506 g/mol. The van der Waals surface area contributed by atoms with E-state index in [1.165, 1.54) is 37.9 Å². The van der Waals surface area contributed by atoms with Crippen LogP contribution in [0.5, 0.6) is 0 Å². The molecule has 3 heteroatoms. The van der Waals surface area contributed by atoms with Crippen LogP contribution >= 0.6 is 0 Å². The number of para-hydroxylation sites is 2. The van der Waals surface area contributed by atoms with Crippen LogP contribution < -0.4 is 4.90 Å². The van der Waals surface area contributed by atoms with Crippen LogP contribution in [0, 0.1) is 0 Å². The number of fused-ring (bicyclic) bond motifs is 2. The van der Waals surface area contributed by atoms with Crippen LogP contribution in [-0.4, -0.2) is 0 Å². The normalized spacial score (nSPS) is 12.5. The monoisotopic (exact) mass is 505 g/mol. The standard InChI is InChI=1S/C36H27NO2/c1-36(2,3)28-18-14-22-13-17-27-29(19-15-23-12-16-24(28)34(22)35(23)27)37(30-20-38-32-10-6-4-8-25(30)32)31-21-39-33-11-7-5-9-26(31)33/h4-21H,1-3H3. The minimum absolute atomic E-state index is 0.0442. The predicted molar refractivity (Wildman–Crippen MR) is 163 cm³/mol. The molecule has 0 spiro atoms. The van der Waals surface area contributed by atoms with Gasteiger partial charge in [0.25, 0.3) is 0 Å². The van der Waals surface area contributed by atoms with Crippen LogP contribution in [0.25, 0.3) is 54.3 Å². The number of nitrogens with zero attached hydrogens (tertiary/aromatic N) is 1. The molecule has 39 heavy (non-hydrogen) atoms. The highest BCUT2D eigenvalue weighted by molar-refractivity contribution is 6.26. The lowest BCUT2D eigenvalue weighted by molar-refractivity contribution is 0.596. The van der Waals surface area contributed by atoms with Gasteiger partial charge in [-0.2, -0.15) is 0 Å². The number of benzene rings is 6. The molecular weight excluding hydrogens is 478 g/mol. The molecule has 0 aliphatic carbocycles. The van der Waals surface area contributed by atoms with E-state index in [-0.39, 0.29) is 5.41 Å². The predicted octanol–water partition coefficient (Wildman–Crippen LogP) is 10.8. The summed E-state index contributed by atoms with van der Waals surface area (Å²) in [5, 5.41) is 9.77. The first-order valence-corrected chi connectivity index (χ1v) is 13.4. The first-order valence-electron chi connectivity index (χ1n) is 13.4. The number of rotatable bonds is 3. The summed E-state index contributed by atoms with van der Waals surface area (Å²) in [4.78, 5) is 2.30. The molecule has 0 radical (unpaired) electrons. The molecule has 0 amide bonds. The molecule has 8 rings (SSSR count). The van der Waals surface area contributed by atoms with Crippen molar-refractivity contribution >= 4 is 71.3 Å². The lowest BCUT2D eigenvalue weighted by Crippen LogP contribution is -2.12. The van der Waals surface area contributed by atoms with Crippen LogP contribution in [-0.2, 0) is 5.41 Å². The van der Waals surface area contributed by atoms with Gasteiger partial charge in [-0.15, -0.1) is 0 Å². The van der Waals surface area contributed by atoms with Gasteiger partial charge in [0.2, 0.25) is 0 Å². The fraction of sp³-hybridized carbons (Fsp3) is 0.111. The summed E-state index contributed by atoms with van der Waals surface area (Å²) in [6.07, 6.45) is 3.73. The summed E-state index contributed by atoms with van der Waals surface area (Å²) in [7, 11) is 0. The second kappa shape index (κ2) is 7.87. The van der Waals surface area contributed by atoms with Crippen molar-refractivity contribution in [2.24, 2.45) is 0 Å². The maximum atomic E-state index is 6.07. The zero-order valence-corrected chi connectivity index (χ0v) is 22.2. The zero-order chi connectivity index (χ0) is 26.3. The molecule has 188 valence electrons. The Morgan fingerprint density at radius 3 is 1.62 bits per heavy atom. The second-order valence-corrected chi connectivity index (χ2v) is 11.4. The van der Waals surface area contributed by atoms with E-state index < -0.39 is 0 Å². The van der Waals surface area contributed by atoms with Crippen molar-refractivity contribution in [2.75, 3.05) is 4.90 Å². The molecule has 0 aliphatic rings. The van der Waals surface area contributed by atoms with Gasteiger partial charge >= 0.3 is 0 Å². The molecule has 6 aromatic carbocycles. The van der Waals surface area contributed by atoms with Crippen molar-refractivity contribution in [1.82, 2.24) is 0 Å². The van der Waals surface area contributed by atoms with Crippen LogP contribution in [0.1, 0.15) is 26.3 Å². The zero-order valence-electron chi connectivity index (χ0n) is 22.2. The summed E-state index contributed by atoms with van der Waals surface area (Å²) < 4.78 is 12.1. The molecule has 0 aliphatic heterocycles. The minimum Gasteiger partial charge on any atom is -0.462 e. The lowest BCUT2D eigenvalue weighted by Gasteiger charge is -2.27. The fourth-order valence-electron chi connectivity index (χ4n) is 6.30. The number of hydrogen-bond donors (Lipinski definition) is 0. The van der Waals surface area contributed by atoms with E-state index in [0.29, 0.717) is 0 Å². The molecule has 2 aromatic heterocycles. The fourth-order valence-corrected chi connectivity index (χ4v) is 6.30. The Morgan fingerprint density at radius 1 is 0.487 bits per heavy atom. The van der Waals surface area contributed by atoms with E-state index in [1.54, 1.807) is 0 Å². The van der Waals surface area contributed by atoms with Gasteiger partial charge in [-0.1, -0.05) is 87.5 Å². The molecule has 8 aromatic rings. The van der Waals surface area contributed by atoms with Crippen LogP contribution in [0.4, 0.5) is 17.1 Å². The van der Waals surface area contributed by atoms with Crippen LogP contribution in [0.15, 0.2) is 118 Å². The molecule has 0 saturated carbocycles. The molecule has 0 N–H and O–H groups in total. The van der Waals surface area contributed by atoms with Gasteiger partial charge in [-0.05, 0) is 68.2 Å². The molecular formula is C36H27NO2. The Hall–Kier alpha value is -4.76. The number of hydrogen-bond acceptors (Lipinski definition) is 3. The van der Waals surface area contributed by atoms with Gasteiger partial charge in [0.1, 0.15) is 23.7 Å². The van der Waals surface area contributed by atoms with E-state index in [0.717, 1.165) is 39.0 Å². The summed E-state index contributed by atoms with van der Waals surface area (Å²) in [5.74, 6) is 0. The average Bonchev–Trinajstić information content (AvgIpc) is 3.57. The molecule has 0 fully saturated rings. The Balaban J connectivity index is 1.50. The van der Waals surface area contributed by atoms with E-state index in [9.17, 15) is 0 Å². The third kappa shape index (κ3) is 3.17. The van der Waals surface area contributed by atoms with Gasteiger partial charge in [-0.3, -0.25) is 0 Å². The maximum absolute atomic E-state index is 6.07. The maximum Gasteiger partial charge on any atom is 0.136 e. The Bertz CT molecular complexity index is 2100.